The normalized spacial score (nSPS) is 11.1. The zero-order valence-electron chi connectivity index (χ0n) is 16.6. The SMILES string of the molecule is CCCCn1c(=N)n(CC(=O)c2ccc(-c3ccccc3)cc2)c2ccccc21. The molecule has 0 atom stereocenters. The van der Waals surface area contributed by atoms with Crippen molar-refractivity contribution in [2.75, 3.05) is 0 Å². The lowest BCUT2D eigenvalue weighted by atomic mass is 10.0. The quantitative estimate of drug-likeness (QED) is 0.434. The maximum absolute atomic E-state index is 13.0. The predicted octanol–water partition coefficient (Wildman–Crippen LogP) is 5.27. The summed E-state index contributed by atoms with van der Waals surface area (Å²) in [5, 5.41) is 8.63. The summed E-state index contributed by atoms with van der Waals surface area (Å²) in [4.78, 5) is 13.0. The van der Waals surface area contributed by atoms with E-state index in [4.69, 9.17) is 5.41 Å². The highest BCUT2D eigenvalue weighted by atomic mass is 16.1. The number of hydrogen-bond acceptors (Lipinski definition) is 2. The highest BCUT2D eigenvalue weighted by molar-refractivity contribution is 5.97. The molecule has 0 bridgehead atoms. The maximum Gasteiger partial charge on any atom is 0.203 e. The van der Waals surface area contributed by atoms with Gasteiger partial charge in [0, 0.05) is 12.1 Å². The molecule has 0 saturated heterocycles. The molecule has 1 N–H and O–H groups in total. The Bertz CT molecular complexity index is 1180. The summed E-state index contributed by atoms with van der Waals surface area (Å²) in [6.07, 6.45) is 2.08. The number of fused-ring (bicyclic) bond motifs is 1. The number of unbranched alkanes of at least 4 members (excludes halogenated alkanes) is 1. The van der Waals surface area contributed by atoms with Crippen molar-refractivity contribution in [3.63, 3.8) is 0 Å². The molecule has 0 unspecified atom stereocenters. The first-order valence-electron chi connectivity index (χ1n) is 10.1. The molecule has 3 aromatic carbocycles. The second-order valence-electron chi connectivity index (χ2n) is 7.27. The maximum atomic E-state index is 13.0. The Balaban J connectivity index is 1.62. The van der Waals surface area contributed by atoms with Gasteiger partial charge in [0.15, 0.2) is 5.78 Å². The molecule has 4 aromatic rings. The fourth-order valence-corrected chi connectivity index (χ4v) is 3.71. The van der Waals surface area contributed by atoms with Gasteiger partial charge >= 0.3 is 0 Å². The van der Waals surface area contributed by atoms with Crippen molar-refractivity contribution in [3.8, 4) is 11.1 Å². The molecule has 0 saturated carbocycles. The second-order valence-corrected chi connectivity index (χ2v) is 7.27. The summed E-state index contributed by atoms with van der Waals surface area (Å²) in [7, 11) is 0. The standard InChI is InChI=1S/C25H25N3O/c1-2-3-17-27-22-11-7-8-12-23(22)28(25(27)26)18-24(29)21-15-13-20(14-16-21)19-9-5-4-6-10-19/h4-16,26H,2-3,17-18H2,1H3. The van der Waals surface area contributed by atoms with Crippen molar-refractivity contribution in [1.82, 2.24) is 9.13 Å². The van der Waals surface area contributed by atoms with Crippen LogP contribution in [0.3, 0.4) is 0 Å². The Hall–Kier alpha value is -3.40. The van der Waals surface area contributed by atoms with Gasteiger partial charge in [-0.15, -0.1) is 0 Å². The lowest BCUT2D eigenvalue weighted by molar-refractivity contribution is 0.0971. The molecule has 4 heteroatoms. The molecule has 1 aromatic heterocycles. The summed E-state index contributed by atoms with van der Waals surface area (Å²) < 4.78 is 3.82. The number of carbonyl (C=O) groups is 1. The summed E-state index contributed by atoms with van der Waals surface area (Å²) in [5.74, 6) is 0.0153. The number of nitrogens with one attached hydrogen (secondary N) is 1. The van der Waals surface area contributed by atoms with Crippen LogP contribution >= 0.6 is 0 Å². The van der Waals surface area contributed by atoms with Gasteiger partial charge in [-0.3, -0.25) is 10.2 Å². The number of Topliss-reactive ketones (excluding diaryl/α,β-unsaturated/α-hetero) is 1. The first-order chi connectivity index (χ1) is 14.2. The molecule has 29 heavy (non-hydrogen) atoms. The van der Waals surface area contributed by atoms with Gasteiger partial charge in [-0.2, -0.15) is 0 Å². The third kappa shape index (κ3) is 3.79. The van der Waals surface area contributed by atoms with Gasteiger partial charge in [-0.25, -0.2) is 0 Å². The summed E-state index contributed by atoms with van der Waals surface area (Å²) in [6, 6.07) is 25.8. The van der Waals surface area contributed by atoms with E-state index in [1.165, 1.54) is 0 Å². The average molecular weight is 383 g/mol. The number of nitrogens with zero attached hydrogens (tertiary/aromatic N) is 2. The Labute approximate surface area is 170 Å². The summed E-state index contributed by atoms with van der Waals surface area (Å²) in [5.41, 5.74) is 5.22. The van der Waals surface area contributed by atoms with E-state index in [0.29, 0.717) is 11.2 Å². The van der Waals surface area contributed by atoms with Crippen LogP contribution in [-0.2, 0) is 13.1 Å². The third-order valence-electron chi connectivity index (χ3n) is 5.33. The van der Waals surface area contributed by atoms with E-state index in [9.17, 15) is 4.79 Å². The lowest BCUT2D eigenvalue weighted by Gasteiger charge is -2.06. The number of rotatable bonds is 7. The van der Waals surface area contributed by atoms with Crippen LogP contribution in [0.1, 0.15) is 30.1 Å². The second kappa shape index (κ2) is 8.31. The number of aryl methyl sites for hydroxylation is 1. The van der Waals surface area contributed by atoms with Gasteiger partial charge in [-0.1, -0.05) is 80.1 Å². The van der Waals surface area contributed by atoms with Crippen LogP contribution in [0.15, 0.2) is 78.9 Å². The zero-order chi connectivity index (χ0) is 20.2. The molecule has 146 valence electrons. The van der Waals surface area contributed by atoms with E-state index >= 15 is 0 Å². The molecule has 0 amide bonds. The van der Waals surface area contributed by atoms with Crippen LogP contribution in [-0.4, -0.2) is 14.9 Å². The number of aromatic nitrogens is 2. The van der Waals surface area contributed by atoms with E-state index in [-0.39, 0.29) is 12.3 Å². The molecule has 0 radical (unpaired) electrons. The van der Waals surface area contributed by atoms with E-state index in [2.05, 4.69) is 19.1 Å². The minimum atomic E-state index is 0.0153. The molecular formula is C25H25N3O. The molecular weight excluding hydrogens is 358 g/mol. The van der Waals surface area contributed by atoms with Crippen molar-refractivity contribution in [1.29, 1.82) is 5.41 Å². The van der Waals surface area contributed by atoms with Crippen LogP contribution in [0, 0.1) is 5.41 Å². The Morgan fingerprint density at radius 3 is 2.03 bits per heavy atom. The average Bonchev–Trinajstić information content (AvgIpc) is 3.04. The number of carbonyl (C=O) groups excluding carboxylic acids is 1. The first kappa shape index (κ1) is 18.9. The Morgan fingerprint density at radius 2 is 1.38 bits per heavy atom. The number of imidazole rings is 1. The monoisotopic (exact) mass is 383 g/mol. The van der Waals surface area contributed by atoms with Crippen LogP contribution in [0.4, 0.5) is 0 Å². The van der Waals surface area contributed by atoms with Crippen LogP contribution < -0.4 is 5.62 Å². The van der Waals surface area contributed by atoms with Crippen molar-refractivity contribution in [2.45, 2.75) is 32.9 Å². The minimum Gasteiger partial charge on any atom is -0.310 e. The predicted molar refractivity (Wildman–Crippen MR) is 117 cm³/mol. The topological polar surface area (TPSA) is 50.8 Å². The number of para-hydroxylation sites is 2. The molecule has 0 fully saturated rings. The van der Waals surface area contributed by atoms with Gasteiger partial charge < -0.3 is 9.13 Å². The van der Waals surface area contributed by atoms with Gasteiger partial charge in [0.2, 0.25) is 5.62 Å². The smallest absolute Gasteiger partial charge is 0.203 e. The number of hydrogen-bond donors (Lipinski definition) is 1. The van der Waals surface area contributed by atoms with Gasteiger partial charge in [-0.05, 0) is 29.7 Å². The number of benzene rings is 3. The summed E-state index contributed by atoms with van der Waals surface area (Å²) in [6.45, 7) is 3.11. The highest BCUT2D eigenvalue weighted by Gasteiger charge is 2.14. The minimum absolute atomic E-state index is 0.0153. The molecule has 1 heterocycles. The molecule has 0 aliphatic carbocycles. The van der Waals surface area contributed by atoms with Gasteiger partial charge in [0.1, 0.15) is 0 Å². The highest BCUT2D eigenvalue weighted by Crippen LogP contribution is 2.20. The Morgan fingerprint density at radius 1 is 0.793 bits per heavy atom. The fraction of sp³-hybridized carbons (Fsp3) is 0.200. The van der Waals surface area contributed by atoms with Crippen molar-refractivity contribution in [3.05, 3.63) is 90.0 Å². The van der Waals surface area contributed by atoms with E-state index in [1.54, 1.807) is 0 Å². The van der Waals surface area contributed by atoms with Crippen LogP contribution in [0.5, 0.6) is 0 Å². The van der Waals surface area contributed by atoms with E-state index in [0.717, 1.165) is 41.5 Å². The van der Waals surface area contributed by atoms with Crippen molar-refractivity contribution in [2.24, 2.45) is 0 Å². The third-order valence-corrected chi connectivity index (χ3v) is 5.33. The van der Waals surface area contributed by atoms with Crippen LogP contribution in [0.25, 0.3) is 22.2 Å². The number of ketones is 1. The van der Waals surface area contributed by atoms with Crippen molar-refractivity contribution < 1.29 is 4.79 Å². The molecule has 0 spiro atoms. The first-order valence-corrected chi connectivity index (χ1v) is 10.1. The molecule has 0 aliphatic rings. The van der Waals surface area contributed by atoms with Crippen molar-refractivity contribution >= 4 is 16.8 Å². The lowest BCUT2D eigenvalue weighted by Crippen LogP contribution is -2.27. The molecule has 4 nitrogen and oxygen atoms in total. The molecule has 0 aliphatic heterocycles. The van der Waals surface area contributed by atoms with E-state index < -0.39 is 0 Å². The van der Waals surface area contributed by atoms with E-state index in [1.807, 2.05) is 75.9 Å². The molecule has 4 rings (SSSR count). The Kier molecular flexibility index (Phi) is 5.43. The van der Waals surface area contributed by atoms with Gasteiger partial charge in [0.25, 0.3) is 0 Å². The van der Waals surface area contributed by atoms with Crippen LogP contribution in [0.2, 0.25) is 0 Å². The zero-order valence-corrected chi connectivity index (χ0v) is 16.6. The van der Waals surface area contributed by atoms with Gasteiger partial charge in [0.05, 0.1) is 17.6 Å². The largest absolute Gasteiger partial charge is 0.310 e. The fourth-order valence-electron chi connectivity index (χ4n) is 3.71. The summed E-state index contributed by atoms with van der Waals surface area (Å²) >= 11 is 0.